The Bertz CT molecular complexity index is 621. The summed E-state index contributed by atoms with van der Waals surface area (Å²) in [4.78, 5) is 0. The maximum absolute atomic E-state index is 5.96. The number of methoxy groups -OCH3 is 1. The van der Waals surface area contributed by atoms with Crippen LogP contribution in [0.25, 0.3) is 6.08 Å². The minimum atomic E-state index is -1.72. The minimum absolute atomic E-state index is 0.125. The van der Waals surface area contributed by atoms with Gasteiger partial charge < -0.3 is 4.74 Å². The van der Waals surface area contributed by atoms with Crippen LogP contribution in [-0.2, 0) is 0 Å². The van der Waals surface area contributed by atoms with Gasteiger partial charge in [0, 0.05) is 24.5 Å². The molecule has 1 aromatic carbocycles. The fourth-order valence-electron chi connectivity index (χ4n) is 1.85. The number of nitrogens with one attached hydrogen (secondary N) is 1. The molecule has 0 spiro atoms. The van der Waals surface area contributed by atoms with Crippen molar-refractivity contribution in [3.63, 3.8) is 0 Å². The maximum Gasteiger partial charge on any atom is 0.262 e. The first-order chi connectivity index (χ1) is 11.1. The third kappa shape index (κ3) is 5.75. The monoisotopic (exact) mass is 449 g/mol. The molecule has 0 unspecified atom stereocenters. The Labute approximate surface area is 170 Å². The maximum atomic E-state index is 5.96. The highest BCUT2D eigenvalue weighted by Gasteiger charge is 2.38. The van der Waals surface area contributed by atoms with Crippen LogP contribution in [0.2, 0.25) is 0 Å². The summed E-state index contributed by atoms with van der Waals surface area (Å²) in [5.74, 6) is 0.768. The van der Waals surface area contributed by atoms with E-state index in [1.54, 1.807) is 19.5 Å². The van der Waals surface area contributed by atoms with Gasteiger partial charge in [-0.05, 0) is 23.8 Å². The van der Waals surface area contributed by atoms with Crippen LogP contribution >= 0.6 is 69.6 Å². The second-order valence-electron chi connectivity index (χ2n) is 4.80. The van der Waals surface area contributed by atoms with Gasteiger partial charge in [-0.1, -0.05) is 81.7 Å². The molecule has 10 heteroatoms. The van der Waals surface area contributed by atoms with Crippen LogP contribution in [-0.4, -0.2) is 31.4 Å². The number of hydrazine groups is 2. The molecule has 4 nitrogen and oxygen atoms in total. The summed E-state index contributed by atoms with van der Waals surface area (Å²) in [6, 6.07) is 7.48. The number of rotatable bonds is 3. The molecule has 132 valence electrons. The van der Waals surface area contributed by atoms with Crippen LogP contribution in [0.3, 0.4) is 0 Å². The van der Waals surface area contributed by atoms with E-state index in [-0.39, 0.29) is 6.54 Å². The van der Waals surface area contributed by atoms with E-state index in [4.69, 9.17) is 74.3 Å². The van der Waals surface area contributed by atoms with E-state index in [1.165, 1.54) is 10.0 Å². The van der Waals surface area contributed by atoms with Crippen molar-refractivity contribution in [1.29, 1.82) is 0 Å². The van der Waals surface area contributed by atoms with Gasteiger partial charge in [0.1, 0.15) is 5.75 Å². The molecule has 0 bridgehead atoms. The minimum Gasteiger partial charge on any atom is -0.497 e. The van der Waals surface area contributed by atoms with Gasteiger partial charge in [0.15, 0.2) is 0 Å². The molecule has 0 saturated carbocycles. The number of nitrogens with zero attached hydrogens (tertiary/aromatic N) is 2. The van der Waals surface area contributed by atoms with Crippen LogP contribution in [0.1, 0.15) is 5.56 Å². The highest BCUT2D eigenvalue weighted by Crippen LogP contribution is 2.39. The van der Waals surface area contributed by atoms with E-state index in [0.29, 0.717) is 5.57 Å². The molecule has 0 saturated heterocycles. The van der Waals surface area contributed by atoms with Crippen LogP contribution in [0.5, 0.6) is 5.75 Å². The molecule has 0 radical (unpaired) electrons. The molecule has 0 aromatic heterocycles. The average molecular weight is 452 g/mol. The Hall–Kier alpha value is -0.0400. The largest absolute Gasteiger partial charge is 0.497 e. The average Bonchev–Trinajstić information content (AvgIpc) is 2.51. The van der Waals surface area contributed by atoms with Crippen molar-refractivity contribution < 1.29 is 4.74 Å². The van der Waals surface area contributed by atoms with Crippen molar-refractivity contribution in [2.24, 2.45) is 0 Å². The summed E-state index contributed by atoms with van der Waals surface area (Å²) in [6.07, 6.45) is 5.17. The lowest BCUT2D eigenvalue weighted by atomic mass is 10.2. The first-order valence-electron chi connectivity index (χ1n) is 6.59. The molecule has 0 fully saturated rings. The van der Waals surface area contributed by atoms with E-state index in [9.17, 15) is 0 Å². The molecule has 0 atom stereocenters. The SMILES string of the molecule is COc1ccc(C=CN2C=C(C(Cl)(Cl)Cl)CN(C(Cl)(Cl)Cl)N2)cc1. The molecule has 24 heavy (non-hydrogen) atoms. The Balaban J connectivity index is 2.21. The second kappa shape index (κ2) is 8.11. The number of alkyl halides is 6. The van der Waals surface area contributed by atoms with Gasteiger partial charge in [0.25, 0.3) is 3.92 Å². The normalized spacial score (nSPS) is 17.3. The third-order valence-electron chi connectivity index (χ3n) is 3.07. The van der Waals surface area contributed by atoms with Crippen molar-refractivity contribution in [1.82, 2.24) is 15.6 Å². The predicted molar refractivity (Wildman–Crippen MR) is 102 cm³/mol. The Morgan fingerprint density at radius 1 is 1.08 bits per heavy atom. The highest BCUT2D eigenvalue weighted by molar-refractivity contribution is 6.69. The van der Waals surface area contributed by atoms with Crippen molar-refractivity contribution in [3.8, 4) is 5.75 Å². The number of hydrogen-bond acceptors (Lipinski definition) is 4. The molecule has 1 heterocycles. The number of hydrogen-bond donors (Lipinski definition) is 1. The molecule has 1 N–H and O–H groups in total. The van der Waals surface area contributed by atoms with Gasteiger partial charge in [-0.2, -0.15) is 10.5 Å². The van der Waals surface area contributed by atoms with Gasteiger partial charge in [-0.15, -0.1) is 0 Å². The summed E-state index contributed by atoms with van der Waals surface area (Å²) in [5, 5.41) is 2.85. The standard InChI is InChI=1S/C14H13Cl6N3O/c1-24-12-4-2-10(3-5-12)6-7-22-8-11(13(15,16)17)9-23(21-22)14(18,19)20/h2-8,21H,9H2,1H3. The quantitative estimate of drug-likeness (QED) is 0.499. The fraction of sp³-hybridized carbons (Fsp3) is 0.286. The number of ether oxygens (including phenoxy) is 1. The van der Waals surface area contributed by atoms with Crippen LogP contribution < -0.4 is 10.3 Å². The van der Waals surface area contributed by atoms with Gasteiger partial charge >= 0.3 is 0 Å². The highest BCUT2D eigenvalue weighted by atomic mass is 35.6. The fourth-order valence-corrected chi connectivity index (χ4v) is 2.47. The van der Waals surface area contributed by atoms with E-state index in [2.05, 4.69) is 5.53 Å². The first kappa shape index (κ1) is 20.3. The Kier molecular flexibility index (Phi) is 6.85. The van der Waals surface area contributed by atoms with E-state index in [0.717, 1.165) is 11.3 Å². The number of halogens is 6. The molecule has 2 rings (SSSR count). The summed E-state index contributed by atoms with van der Waals surface area (Å²) in [5.41, 5.74) is 4.27. The molecule has 1 aliphatic heterocycles. The van der Waals surface area contributed by atoms with Gasteiger partial charge in [-0.3, -0.25) is 5.01 Å². The zero-order valence-electron chi connectivity index (χ0n) is 12.3. The lowest BCUT2D eigenvalue weighted by Gasteiger charge is -2.39. The van der Waals surface area contributed by atoms with Gasteiger partial charge in [0.05, 0.1) is 7.11 Å². The van der Waals surface area contributed by atoms with E-state index in [1.807, 2.05) is 30.3 Å². The molecule has 0 amide bonds. The lowest BCUT2D eigenvalue weighted by molar-refractivity contribution is 0.0789. The molecule has 0 aliphatic carbocycles. The van der Waals surface area contributed by atoms with Crippen molar-refractivity contribution in [2.75, 3.05) is 13.7 Å². The van der Waals surface area contributed by atoms with Crippen molar-refractivity contribution in [3.05, 3.63) is 47.8 Å². The number of benzene rings is 1. The third-order valence-corrected chi connectivity index (χ3v) is 4.41. The van der Waals surface area contributed by atoms with E-state index >= 15 is 0 Å². The van der Waals surface area contributed by atoms with Crippen LogP contribution in [0.4, 0.5) is 0 Å². The molecular weight excluding hydrogens is 439 g/mol. The van der Waals surface area contributed by atoms with Crippen LogP contribution in [0.15, 0.2) is 42.2 Å². The summed E-state index contributed by atoms with van der Waals surface area (Å²) in [6.45, 7) is 0.125. The van der Waals surface area contributed by atoms with Crippen LogP contribution in [0, 0.1) is 0 Å². The van der Waals surface area contributed by atoms with Gasteiger partial charge in [0.2, 0.25) is 3.79 Å². The summed E-state index contributed by atoms with van der Waals surface area (Å²) < 4.78 is 1.77. The van der Waals surface area contributed by atoms with Gasteiger partial charge in [-0.25, -0.2) is 0 Å². The predicted octanol–water partition coefficient (Wildman–Crippen LogP) is 5.28. The zero-order chi connectivity index (χ0) is 18.0. The molecule has 1 aliphatic rings. The smallest absolute Gasteiger partial charge is 0.262 e. The van der Waals surface area contributed by atoms with Crippen molar-refractivity contribution >= 4 is 75.7 Å². The summed E-state index contributed by atoms with van der Waals surface area (Å²) >= 11 is 35.6. The molecule has 1 aromatic rings. The molecular formula is C14H13Cl6N3O. The first-order valence-corrected chi connectivity index (χ1v) is 8.85. The van der Waals surface area contributed by atoms with Crippen molar-refractivity contribution in [2.45, 2.75) is 7.71 Å². The second-order valence-corrected chi connectivity index (χ2v) is 9.30. The summed E-state index contributed by atoms with van der Waals surface area (Å²) in [7, 11) is 1.61. The Morgan fingerprint density at radius 2 is 1.71 bits per heavy atom. The lowest BCUT2D eigenvalue weighted by Crippen LogP contribution is -2.55. The zero-order valence-corrected chi connectivity index (χ0v) is 16.9. The Morgan fingerprint density at radius 3 is 2.21 bits per heavy atom. The van der Waals surface area contributed by atoms with E-state index < -0.39 is 7.71 Å². The topological polar surface area (TPSA) is 27.7 Å².